The highest BCUT2D eigenvalue weighted by Gasteiger charge is 2.33. The van der Waals surface area contributed by atoms with Crippen molar-refractivity contribution in [1.82, 2.24) is 30.0 Å². The van der Waals surface area contributed by atoms with Crippen LogP contribution in [0.1, 0.15) is 34.6 Å². The molecule has 0 radical (unpaired) electrons. The van der Waals surface area contributed by atoms with Crippen LogP contribution in [-0.4, -0.2) is 75.5 Å². The monoisotopic (exact) mass is 519 g/mol. The number of pyridine rings is 2. The second-order valence-electron chi connectivity index (χ2n) is 10.1. The van der Waals surface area contributed by atoms with Crippen molar-refractivity contribution in [3.05, 3.63) is 71.9 Å². The molecule has 38 heavy (non-hydrogen) atoms. The molecule has 10 heteroatoms. The molecule has 1 saturated heterocycles. The number of alkyl halides is 2. The van der Waals surface area contributed by atoms with Crippen molar-refractivity contribution in [2.75, 3.05) is 39.0 Å². The van der Waals surface area contributed by atoms with Crippen molar-refractivity contribution in [1.29, 1.82) is 0 Å². The van der Waals surface area contributed by atoms with Crippen LogP contribution in [0.5, 0.6) is 0 Å². The van der Waals surface area contributed by atoms with Crippen LogP contribution >= 0.6 is 0 Å². The van der Waals surface area contributed by atoms with Crippen LogP contribution in [0.25, 0.3) is 22.0 Å². The zero-order chi connectivity index (χ0) is 26.7. The number of carbonyl (C=O) groups excluding carboxylic acids is 1. The summed E-state index contributed by atoms with van der Waals surface area (Å²) in [6.07, 6.45) is 5.81. The Bertz CT molecular complexity index is 1410. The molecule has 4 heterocycles. The van der Waals surface area contributed by atoms with E-state index in [1.165, 1.54) is 0 Å². The smallest absolute Gasteiger partial charge is 0.276 e. The highest BCUT2D eigenvalue weighted by molar-refractivity contribution is 6.11. The minimum Gasteiger partial charge on any atom is -0.319 e. The van der Waals surface area contributed by atoms with E-state index in [0.29, 0.717) is 36.4 Å². The maximum Gasteiger partial charge on any atom is 0.276 e. The lowest BCUT2D eigenvalue weighted by atomic mass is 10.0. The summed E-state index contributed by atoms with van der Waals surface area (Å²) in [6.45, 7) is 2.27. The molecule has 0 spiro atoms. The number of halogens is 2. The first-order chi connectivity index (χ1) is 18.3. The van der Waals surface area contributed by atoms with E-state index in [4.69, 9.17) is 0 Å². The first-order valence-corrected chi connectivity index (χ1v) is 12.7. The van der Waals surface area contributed by atoms with Gasteiger partial charge in [-0.2, -0.15) is 5.10 Å². The number of benzene rings is 1. The molecule has 3 aromatic heterocycles. The van der Waals surface area contributed by atoms with Crippen LogP contribution in [-0.2, 0) is 13.0 Å². The molecular formula is C28H31F2N7O. The molecule has 0 atom stereocenters. The zero-order valence-corrected chi connectivity index (χ0v) is 21.5. The minimum atomic E-state index is -2.53. The number of rotatable bonds is 8. The Hall–Kier alpha value is -3.76. The molecule has 1 amide bonds. The van der Waals surface area contributed by atoms with Gasteiger partial charge >= 0.3 is 0 Å². The number of likely N-dealkylation sites (tertiary alicyclic amines) is 1. The van der Waals surface area contributed by atoms with Gasteiger partial charge in [0.2, 0.25) is 0 Å². The third kappa shape index (κ3) is 6.20. The molecule has 2 N–H and O–H groups in total. The van der Waals surface area contributed by atoms with Gasteiger partial charge < -0.3 is 15.1 Å². The van der Waals surface area contributed by atoms with Crippen LogP contribution < -0.4 is 5.32 Å². The second-order valence-corrected chi connectivity index (χ2v) is 10.1. The molecule has 0 unspecified atom stereocenters. The number of piperidine rings is 1. The number of amides is 1. The van der Waals surface area contributed by atoms with E-state index < -0.39 is 5.92 Å². The first kappa shape index (κ1) is 25.9. The standard InChI is InChI=1S/C28H31F2N7O/c1-36(2)18-23-5-4-22(17-32-23)33-27(38)26-24-14-20(3-6-25(24)34-35-26)21-13-19(15-31-16-21)7-10-37-11-8-28(29,30)9-12-37/h3-6,13-17H,7-12,18H2,1-2H3,(H,33,38)(H,34,35). The van der Waals surface area contributed by atoms with Gasteiger partial charge in [-0.1, -0.05) is 6.07 Å². The summed E-state index contributed by atoms with van der Waals surface area (Å²) in [6, 6.07) is 11.6. The Balaban J connectivity index is 1.29. The average molecular weight is 520 g/mol. The Labute approximate surface area is 220 Å². The van der Waals surface area contributed by atoms with Gasteiger partial charge in [0, 0.05) is 62.4 Å². The number of anilines is 1. The number of hydrogen-bond acceptors (Lipinski definition) is 6. The third-order valence-electron chi connectivity index (χ3n) is 6.77. The Kier molecular flexibility index (Phi) is 7.44. The molecule has 198 valence electrons. The molecule has 0 aliphatic carbocycles. The summed E-state index contributed by atoms with van der Waals surface area (Å²) in [5, 5.41) is 10.8. The Morgan fingerprint density at radius 1 is 1.08 bits per heavy atom. The summed E-state index contributed by atoms with van der Waals surface area (Å²) in [5.74, 6) is -2.86. The predicted octanol–water partition coefficient (Wildman–Crippen LogP) is 4.61. The number of nitrogens with one attached hydrogen (secondary N) is 2. The van der Waals surface area contributed by atoms with Gasteiger partial charge in [-0.3, -0.25) is 19.9 Å². The van der Waals surface area contributed by atoms with E-state index in [1.807, 2.05) is 55.5 Å². The largest absolute Gasteiger partial charge is 0.319 e. The van der Waals surface area contributed by atoms with E-state index in [9.17, 15) is 13.6 Å². The lowest BCUT2D eigenvalue weighted by molar-refractivity contribution is -0.0548. The van der Waals surface area contributed by atoms with Gasteiger partial charge in [-0.25, -0.2) is 8.78 Å². The molecule has 1 fully saturated rings. The summed E-state index contributed by atoms with van der Waals surface area (Å²) >= 11 is 0. The van der Waals surface area contributed by atoms with E-state index >= 15 is 0 Å². The van der Waals surface area contributed by atoms with Gasteiger partial charge in [0.05, 0.1) is 23.1 Å². The summed E-state index contributed by atoms with van der Waals surface area (Å²) in [5.41, 5.74) is 5.43. The fourth-order valence-electron chi connectivity index (χ4n) is 4.65. The number of fused-ring (bicyclic) bond motifs is 1. The average Bonchev–Trinajstić information content (AvgIpc) is 3.33. The van der Waals surface area contributed by atoms with Gasteiger partial charge in [-0.15, -0.1) is 0 Å². The van der Waals surface area contributed by atoms with Gasteiger partial charge in [0.1, 0.15) is 0 Å². The predicted molar refractivity (Wildman–Crippen MR) is 143 cm³/mol. The van der Waals surface area contributed by atoms with E-state index in [1.54, 1.807) is 12.4 Å². The molecule has 1 aliphatic rings. The SMILES string of the molecule is CN(C)Cc1ccc(NC(=O)c2n[nH]c3ccc(-c4cncc(CCN5CCC(F)(F)CC5)c4)cc23)cn1. The topological polar surface area (TPSA) is 90.0 Å². The second kappa shape index (κ2) is 10.9. The maximum atomic E-state index is 13.4. The van der Waals surface area contributed by atoms with Crippen molar-refractivity contribution in [3.8, 4) is 11.1 Å². The summed E-state index contributed by atoms with van der Waals surface area (Å²) < 4.78 is 26.9. The minimum absolute atomic E-state index is 0.0792. The molecule has 8 nitrogen and oxygen atoms in total. The zero-order valence-electron chi connectivity index (χ0n) is 21.5. The molecular weight excluding hydrogens is 488 g/mol. The molecule has 5 rings (SSSR count). The summed E-state index contributed by atoms with van der Waals surface area (Å²) in [4.78, 5) is 25.9. The normalized spacial score (nSPS) is 15.7. The van der Waals surface area contributed by atoms with Crippen molar-refractivity contribution in [2.45, 2.75) is 31.7 Å². The van der Waals surface area contributed by atoms with Crippen molar-refractivity contribution >= 4 is 22.5 Å². The fraction of sp³-hybridized carbons (Fsp3) is 0.357. The quantitative estimate of drug-likeness (QED) is 0.354. The summed E-state index contributed by atoms with van der Waals surface area (Å²) in [7, 11) is 3.95. The number of aromatic amines is 1. The molecule has 1 aliphatic heterocycles. The van der Waals surface area contributed by atoms with Gasteiger partial charge in [0.15, 0.2) is 5.69 Å². The lowest BCUT2D eigenvalue weighted by Gasteiger charge is -2.31. The van der Waals surface area contributed by atoms with E-state index in [2.05, 4.69) is 36.4 Å². The maximum absolute atomic E-state index is 13.4. The number of carbonyl (C=O) groups is 1. The van der Waals surface area contributed by atoms with Gasteiger partial charge in [-0.05, 0) is 62.0 Å². The Morgan fingerprint density at radius 2 is 1.89 bits per heavy atom. The highest BCUT2D eigenvalue weighted by atomic mass is 19.3. The first-order valence-electron chi connectivity index (χ1n) is 12.7. The number of aromatic nitrogens is 4. The highest BCUT2D eigenvalue weighted by Crippen LogP contribution is 2.28. The van der Waals surface area contributed by atoms with Crippen molar-refractivity contribution in [2.24, 2.45) is 0 Å². The van der Waals surface area contributed by atoms with Crippen LogP contribution in [0, 0.1) is 0 Å². The van der Waals surface area contributed by atoms with Crippen LogP contribution in [0.3, 0.4) is 0 Å². The number of H-pyrrole nitrogens is 1. The molecule has 1 aromatic carbocycles. The van der Waals surface area contributed by atoms with Crippen LogP contribution in [0.15, 0.2) is 55.0 Å². The van der Waals surface area contributed by atoms with E-state index in [0.717, 1.165) is 40.9 Å². The van der Waals surface area contributed by atoms with E-state index in [-0.39, 0.29) is 18.7 Å². The van der Waals surface area contributed by atoms with Crippen LogP contribution in [0.4, 0.5) is 14.5 Å². The third-order valence-corrected chi connectivity index (χ3v) is 6.77. The van der Waals surface area contributed by atoms with Crippen molar-refractivity contribution in [3.63, 3.8) is 0 Å². The number of hydrogen-bond donors (Lipinski definition) is 2. The van der Waals surface area contributed by atoms with Crippen LogP contribution in [0.2, 0.25) is 0 Å². The lowest BCUT2D eigenvalue weighted by Crippen LogP contribution is -2.40. The molecule has 0 bridgehead atoms. The van der Waals surface area contributed by atoms with Gasteiger partial charge in [0.25, 0.3) is 11.8 Å². The fourth-order valence-corrected chi connectivity index (χ4v) is 4.65. The molecule has 0 saturated carbocycles. The Morgan fingerprint density at radius 3 is 2.63 bits per heavy atom. The molecule has 4 aromatic rings. The number of nitrogens with zero attached hydrogens (tertiary/aromatic N) is 5. The van der Waals surface area contributed by atoms with Crippen molar-refractivity contribution < 1.29 is 13.6 Å².